The molecule has 0 saturated carbocycles. The van der Waals surface area contributed by atoms with Crippen molar-refractivity contribution in [2.75, 3.05) is 39.6 Å². The standard InChI is InChI=1S/C75H146O17P2/c1-6-9-12-15-18-21-23-25-27-29-31-33-35-39-44-49-54-59-73(78)86-65-71(91-74(79)60-55-50-45-40-36-34-32-30-28-26-24-22-19-16-13-10-7-2)67-90-94(83,84)88-63-69(76)62-87-93(81,82)89-66-70(64-85-72(77)58-53-48-43-20-17-14-11-8-3)92-75(80)61-56-51-46-41-37-38-42-47-52-57-68(4)5/h68-71,76H,6-67H2,1-5H3,(H,81,82)(H,83,84)/t69-,70+,71+/m0/s1. The van der Waals surface area contributed by atoms with Crippen LogP contribution in [-0.2, 0) is 65.4 Å². The Bertz CT molecular complexity index is 1810. The van der Waals surface area contributed by atoms with Crippen molar-refractivity contribution in [3.05, 3.63) is 0 Å². The van der Waals surface area contributed by atoms with E-state index in [0.717, 1.165) is 102 Å². The van der Waals surface area contributed by atoms with Crippen molar-refractivity contribution in [3.63, 3.8) is 0 Å². The highest BCUT2D eigenvalue weighted by Gasteiger charge is 2.30. The van der Waals surface area contributed by atoms with E-state index in [-0.39, 0.29) is 25.7 Å². The molecule has 0 radical (unpaired) electrons. The van der Waals surface area contributed by atoms with Crippen LogP contribution in [0.2, 0.25) is 0 Å². The molecule has 94 heavy (non-hydrogen) atoms. The zero-order valence-electron chi connectivity index (χ0n) is 61.1. The van der Waals surface area contributed by atoms with E-state index in [4.69, 9.17) is 37.0 Å². The third-order valence-electron chi connectivity index (χ3n) is 17.5. The van der Waals surface area contributed by atoms with Crippen LogP contribution in [0.5, 0.6) is 0 Å². The van der Waals surface area contributed by atoms with Crippen LogP contribution >= 0.6 is 15.6 Å². The molecule has 0 spiro atoms. The SMILES string of the molecule is CCCCCCCCCCCCCCCCCCCC(=O)OC[C@H](COP(=O)(O)OC[C@@H](O)COP(=O)(O)OC[C@@H](COC(=O)CCCCCCCCCC)OC(=O)CCCCCCCCCCCC(C)C)OC(=O)CCCCCCCCCCCCCCCCCCC. The molecule has 0 aromatic carbocycles. The van der Waals surface area contributed by atoms with E-state index in [1.807, 2.05) is 0 Å². The van der Waals surface area contributed by atoms with Crippen LogP contribution in [-0.4, -0.2) is 96.7 Å². The van der Waals surface area contributed by atoms with Crippen LogP contribution in [0.4, 0.5) is 0 Å². The molecule has 0 aromatic heterocycles. The minimum atomic E-state index is -4.96. The molecular weight excluding hydrogens is 1230 g/mol. The molecule has 0 aliphatic heterocycles. The summed E-state index contributed by atoms with van der Waals surface area (Å²) < 4.78 is 68.4. The van der Waals surface area contributed by atoms with E-state index in [9.17, 15) is 43.2 Å². The first-order valence-corrected chi connectivity index (χ1v) is 42.1. The van der Waals surface area contributed by atoms with Crippen molar-refractivity contribution in [2.24, 2.45) is 5.92 Å². The van der Waals surface area contributed by atoms with Gasteiger partial charge in [0.2, 0.25) is 0 Å². The number of hydrogen-bond acceptors (Lipinski definition) is 15. The van der Waals surface area contributed by atoms with Crippen molar-refractivity contribution in [1.82, 2.24) is 0 Å². The minimum absolute atomic E-state index is 0.106. The molecule has 0 aliphatic carbocycles. The molecule has 0 amide bonds. The average Bonchev–Trinajstić information content (AvgIpc) is 1.25. The largest absolute Gasteiger partial charge is 0.472 e. The lowest BCUT2D eigenvalue weighted by Gasteiger charge is -2.21. The van der Waals surface area contributed by atoms with Gasteiger partial charge < -0.3 is 33.8 Å². The van der Waals surface area contributed by atoms with E-state index in [0.29, 0.717) is 25.7 Å². The molecule has 2 unspecified atom stereocenters. The average molecular weight is 1380 g/mol. The molecule has 0 bridgehead atoms. The number of unbranched alkanes of at least 4 members (excludes halogenated alkanes) is 47. The van der Waals surface area contributed by atoms with E-state index in [1.54, 1.807) is 0 Å². The second kappa shape index (κ2) is 68.2. The summed E-state index contributed by atoms with van der Waals surface area (Å²) in [5.74, 6) is -1.38. The topological polar surface area (TPSA) is 237 Å². The Kier molecular flexibility index (Phi) is 66.8. The number of phosphoric ester groups is 2. The molecular formula is C75H146O17P2. The van der Waals surface area contributed by atoms with Gasteiger partial charge in [0.25, 0.3) is 0 Å². The zero-order chi connectivity index (χ0) is 69.1. The van der Waals surface area contributed by atoms with Crippen LogP contribution in [0.3, 0.4) is 0 Å². The van der Waals surface area contributed by atoms with E-state index in [2.05, 4.69) is 34.6 Å². The van der Waals surface area contributed by atoms with Crippen molar-refractivity contribution < 1.29 is 80.2 Å². The molecule has 19 heteroatoms. The van der Waals surface area contributed by atoms with Crippen molar-refractivity contribution in [1.29, 1.82) is 0 Å². The van der Waals surface area contributed by atoms with Crippen LogP contribution < -0.4 is 0 Å². The number of hydrogen-bond donors (Lipinski definition) is 3. The van der Waals surface area contributed by atoms with Crippen LogP contribution in [0.25, 0.3) is 0 Å². The summed E-state index contributed by atoms with van der Waals surface area (Å²) in [6.07, 6.45) is 57.0. The quantitative estimate of drug-likeness (QED) is 0.0222. The molecule has 3 N–H and O–H groups in total. The molecule has 0 aromatic rings. The summed E-state index contributed by atoms with van der Waals surface area (Å²) >= 11 is 0. The van der Waals surface area contributed by atoms with Gasteiger partial charge in [0.15, 0.2) is 12.2 Å². The molecule has 0 heterocycles. The zero-order valence-corrected chi connectivity index (χ0v) is 62.9. The number of aliphatic hydroxyl groups excluding tert-OH is 1. The predicted molar refractivity (Wildman–Crippen MR) is 382 cm³/mol. The Hall–Kier alpha value is -1.94. The summed E-state index contributed by atoms with van der Waals surface area (Å²) in [6, 6.07) is 0. The number of carbonyl (C=O) groups is 4. The number of ether oxygens (including phenoxy) is 4. The molecule has 5 atom stereocenters. The normalized spacial score (nSPS) is 14.0. The minimum Gasteiger partial charge on any atom is -0.462 e. The van der Waals surface area contributed by atoms with Gasteiger partial charge in [0, 0.05) is 25.7 Å². The highest BCUT2D eigenvalue weighted by molar-refractivity contribution is 7.47. The Morgan fingerprint density at radius 1 is 0.287 bits per heavy atom. The van der Waals surface area contributed by atoms with Gasteiger partial charge in [-0.3, -0.25) is 37.3 Å². The maximum absolute atomic E-state index is 13.1. The van der Waals surface area contributed by atoms with Gasteiger partial charge in [-0.2, -0.15) is 0 Å². The number of rotatable bonds is 75. The van der Waals surface area contributed by atoms with Gasteiger partial charge in [0.05, 0.1) is 26.4 Å². The smallest absolute Gasteiger partial charge is 0.462 e. The Balaban J connectivity index is 5.21. The van der Waals surface area contributed by atoms with Crippen molar-refractivity contribution in [3.8, 4) is 0 Å². The first-order chi connectivity index (χ1) is 45.5. The Morgan fingerprint density at radius 2 is 0.489 bits per heavy atom. The fourth-order valence-electron chi connectivity index (χ4n) is 11.5. The summed E-state index contributed by atoms with van der Waals surface area (Å²) in [7, 11) is -9.90. The van der Waals surface area contributed by atoms with E-state index < -0.39 is 97.5 Å². The Labute approximate surface area is 575 Å². The van der Waals surface area contributed by atoms with E-state index in [1.165, 1.54) is 212 Å². The highest BCUT2D eigenvalue weighted by Crippen LogP contribution is 2.45. The summed E-state index contributed by atoms with van der Waals surface area (Å²) in [5, 5.41) is 10.6. The number of phosphoric acid groups is 2. The van der Waals surface area contributed by atoms with E-state index >= 15 is 0 Å². The van der Waals surface area contributed by atoms with Gasteiger partial charge >= 0.3 is 39.5 Å². The number of esters is 4. The fourth-order valence-corrected chi connectivity index (χ4v) is 13.1. The van der Waals surface area contributed by atoms with Gasteiger partial charge in [-0.05, 0) is 31.6 Å². The van der Waals surface area contributed by atoms with Gasteiger partial charge in [-0.1, -0.05) is 343 Å². The maximum atomic E-state index is 13.1. The first kappa shape index (κ1) is 92.1. The van der Waals surface area contributed by atoms with Crippen LogP contribution in [0, 0.1) is 5.92 Å². The first-order valence-electron chi connectivity index (χ1n) is 39.1. The second-order valence-corrected chi connectivity index (χ2v) is 30.4. The third kappa shape index (κ3) is 68.6. The second-order valence-electron chi connectivity index (χ2n) is 27.5. The fraction of sp³-hybridized carbons (Fsp3) is 0.947. The van der Waals surface area contributed by atoms with Crippen LogP contribution in [0.15, 0.2) is 0 Å². The number of aliphatic hydroxyl groups is 1. The lowest BCUT2D eigenvalue weighted by Crippen LogP contribution is -2.30. The predicted octanol–water partition coefficient (Wildman–Crippen LogP) is 22.1. The molecule has 0 fully saturated rings. The van der Waals surface area contributed by atoms with Crippen molar-refractivity contribution in [2.45, 2.75) is 412 Å². The van der Waals surface area contributed by atoms with Gasteiger partial charge in [0.1, 0.15) is 19.3 Å². The van der Waals surface area contributed by atoms with Crippen LogP contribution in [0.1, 0.15) is 394 Å². The van der Waals surface area contributed by atoms with Gasteiger partial charge in [-0.15, -0.1) is 0 Å². The summed E-state index contributed by atoms with van der Waals surface area (Å²) in [5.41, 5.74) is 0. The number of carbonyl (C=O) groups excluding carboxylic acids is 4. The lowest BCUT2D eigenvalue weighted by atomic mass is 10.0. The Morgan fingerprint density at radius 3 is 0.723 bits per heavy atom. The third-order valence-corrected chi connectivity index (χ3v) is 19.4. The van der Waals surface area contributed by atoms with Crippen molar-refractivity contribution >= 4 is 39.5 Å². The lowest BCUT2D eigenvalue weighted by molar-refractivity contribution is -0.161. The molecule has 0 aliphatic rings. The molecule has 0 saturated heterocycles. The van der Waals surface area contributed by atoms with Gasteiger partial charge in [-0.25, -0.2) is 9.13 Å². The molecule has 0 rings (SSSR count). The highest BCUT2D eigenvalue weighted by atomic mass is 31.2. The summed E-state index contributed by atoms with van der Waals surface area (Å²) in [6.45, 7) is 7.24. The monoisotopic (exact) mass is 1380 g/mol. The summed E-state index contributed by atoms with van der Waals surface area (Å²) in [4.78, 5) is 72.7. The maximum Gasteiger partial charge on any atom is 0.472 e. The molecule has 17 nitrogen and oxygen atoms in total. The molecule has 558 valence electrons.